The Morgan fingerprint density at radius 2 is 1.65 bits per heavy atom. The van der Waals surface area contributed by atoms with Crippen molar-refractivity contribution >= 4 is 23.1 Å². The number of anilines is 1. The molecule has 0 bridgehead atoms. The first-order chi connectivity index (χ1) is 20.9. The van der Waals surface area contributed by atoms with Crippen molar-refractivity contribution in [3.05, 3.63) is 98.8 Å². The molecule has 0 aliphatic rings. The Morgan fingerprint density at radius 1 is 0.953 bits per heavy atom. The second kappa shape index (κ2) is 13.4. The fourth-order valence-electron chi connectivity index (χ4n) is 4.59. The monoisotopic (exact) mass is 599 g/mol. The summed E-state index contributed by atoms with van der Waals surface area (Å²) in [4.78, 5) is 35.4. The summed E-state index contributed by atoms with van der Waals surface area (Å²) in [5, 5.41) is 9.60. The lowest BCUT2D eigenvalue weighted by Gasteiger charge is -2.17. The molecule has 10 nitrogen and oxygen atoms in total. The van der Waals surface area contributed by atoms with Crippen molar-refractivity contribution in [2.24, 2.45) is 0 Å². The summed E-state index contributed by atoms with van der Waals surface area (Å²) in [6.45, 7) is 8.54. The van der Waals surface area contributed by atoms with E-state index >= 15 is 0 Å². The van der Waals surface area contributed by atoms with Gasteiger partial charge in [0.1, 0.15) is 11.5 Å². The minimum Gasteiger partial charge on any atom is -0.490 e. The van der Waals surface area contributed by atoms with E-state index in [0.717, 1.165) is 10.4 Å². The van der Waals surface area contributed by atoms with Crippen molar-refractivity contribution in [3.8, 4) is 33.8 Å². The molecule has 5 aromatic rings. The van der Waals surface area contributed by atoms with Gasteiger partial charge in [-0.2, -0.15) is 9.78 Å². The number of hydrogen-bond acceptors (Lipinski definition) is 8. The Bertz CT molecular complexity index is 1740. The number of aromatic amines is 1. The van der Waals surface area contributed by atoms with Crippen molar-refractivity contribution in [1.29, 1.82) is 0 Å². The van der Waals surface area contributed by atoms with E-state index in [1.807, 2.05) is 68.6 Å². The van der Waals surface area contributed by atoms with Gasteiger partial charge < -0.3 is 19.5 Å². The maximum atomic E-state index is 13.7. The SMILES string of the molecule is CCOc1cc(C(=O)Nc2cc(-c3cccs3)nn2-c2nc(C)c(Cc3ccccc3)c(=O)[nH]2)cc(OCC)c1OCC. The molecule has 0 radical (unpaired) electrons. The van der Waals surface area contributed by atoms with Crippen LogP contribution in [0.1, 0.15) is 48.0 Å². The predicted octanol–water partition coefficient (Wildman–Crippen LogP) is 6.03. The number of rotatable bonds is 12. The van der Waals surface area contributed by atoms with Crippen molar-refractivity contribution in [3.63, 3.8) is 0 Å². The molecule has 1 amide bonds. The zero-order chi connectivity index (χ0) is 30.3. The zero-order valence-corrected chi connectivity index (χ0v) is 25.3. The lowest BCUT2D eigenvalue weighted by molar-refractivity contribution is 0.102. The minimum absolute atomic E-state index is 0.189. The van der Waals surface area contributed by atoms with Crippen LogP contribution in [-0.2, 0) is 6.42 Å². The maximum absolute atomic E-state index is 13.7. The number of carbonyl (C=O) groups excluding carboxylic acids is 1. The highest BCUT2D eigenvalue weighted by Gasteiger charge is 2.22. The molecule has 11 heteroatoms. The number of aryl methyl sites for hydroxylation is 1. The van der Waals surface area contributed by atoms with Gasteiger partial charge in [-0.25, -0.2) is 4.98 Å². The summed E-state index contributed by atoms with van der Waals surface area (Å²) in [5.74, 6) is 1.35. The van der Waals surface area contributed by atoms with E-state index in [4.69, 9.17) is 19.3 Å². The number of benzene rings is 2. The van der Waals surface area contributed by atoms with Crippen molar-refractivity contribution < 1.29 is 19.0 Å². The summed E-state index contributed by atoms with van der Waals surface area (Å²) >= 11 is 1.51. The summed E-state index contributed by atoms with van der Waals surface area (Å²) in [7, 11) is 0. The maximum Gasteiger partial charge on any atom is 0.257 e. The van der Waals surface area contributed by atoms with Gasteiger partial charge in [0.05, 0.1) is 30.4 Å². The van der Waals surface area contributed by atoms with Gasteiger partial charge in [0.25, 0.3) is 11.5 Å². The van der Waals surface area contributed by atoms with Gasteiger partial charge in [0.15, 0.2) is 11.5 Å². The summed E-state index contributed by atoms with van der Waals surface area (Å²) < 4.78 is 18.8. The van der Waals surface area contributed by atoms with Crippen LogP contribution in [0.15, 0.2) is 70.8 Å². The summed E-state index contributed by atoms with van der Waals surface area (Å²) in [5.41, 5.74) is 2.79. The number of thiophene rings is 1. The van der Waals surface area contributed by atoms with Crippen molar-refractivity contribution in [2.45, 2.75) is 34.1 Å². The van der Waals surface area contributed by atoms with Crippen molar-refractivity contribution in [2.75, 3.05) is 25.1 Å². The number of H-pyrrole nitrogens is 1. The Hall–Kier alpha value is -4.90. The average molecular weight is 600 g/mol. The Labute approximate surface area is 253 Å². The number of hydrogen-bond donors (Lipinski definition) is 2. The normalized spacial score (nSPS) is 10.9. The third-order valence-electron chi connectivity index (χ3n) is 6.53. The molecule has 3 heterocycles. The number of nitrogens with one attached hydrogen (secondary N) is 2. The second-order valence-electron chi connectivity index (χ2n) is 9.47. The third-order valence-corrected chi connectivity index (χ3v) is 7.42. The van der Waals surface area contributed by atoms with Crippen LogP contribution in [0.25, 0.3) is 16.5 Å². The Balaban J connectivity index is 1.54. The van der Waals surface area contributed by atoms with E-state index in [9.17, 15) is 9.59 Å². The molecular weight excluding hydrogens is 566 g/mol. The molecule has 5 rings (SSSR count). The average Bonchev–Trinajstić information content (AvgIpc) is 3.68. The highest BCUT2D eigenvalue weighted by atomic mass is 32.1. The highest BCUT2D eigenvalue weighted by molar-refractivity contribution is 7.13. The molecule has 0 spiro atoms. The largest absolute Gasteiger partial charge is 0.490 e. The fraction of sp³-hybridized carbons (Fsp3) is 0.250. The second-order valence-corrected chi connectivity index (χ2v) is 10.4. The van der Waals surface area contributed by atoms with Gasteiger partial charge in [-0.1, -0.05) is 36.4 Å². The van der Waals surface area contributed by atoms with Crippen molar-refractivity contribution in [1.82, 2.24) is 19.7 Å². The van der Waals surface area contributed by atoms with Gasteiger partial charge in [-0.05, 0) is 56.8 Å². The van der Waals surface area contributed by atoms with E-state index in [-0.39, 0.29) is 11.5 Å². The van der Waals surface area contributed by atoms with Crippen LogP contribution in [0.5, 0.6) is 17.2 Å². The van der Waals surface area contributed by atoms with Crippen LogP contribution in [0, 0.1) is 6.92 Å². The minimum atomic E-state index is -0.427. The van der Waals surface area contributed by atoms with Gasteiger partial charge in [-0.3, -0.25) is 14.6 Å². The Morgan fingerprint density at radius 3 is 2.26 bits per heavy atom. The number of aromatic nitrogens is 4. The molecule has 0 aliphatic heterocycles. The van der Waals surface area contributed by atoms with E-state index in [1.54, 1.807) is 25.1 Å². The van der Waals surface area contributed by atoms with E-state index < -0.39 is 5.91 Å². The molecule has 0 atom stereocenters. The summed E-state index contributed by atoms with van der Waals surface area (Å²) in [6, 6.07) is 18.6. The number of ether oxygens (including phenoxy) is 3. The molecule has 2 N–H and O–H groups in total. The third kappa shape index (κ3) is 6.62. The first-order valence-electron chi connectivity index (χ1n) is 14.1. The van der Waals surface area contributed by atoms with Gasteiger partial charge in [0, 0.05) is 23.6 Å². The predicted molar refractivity (Wildman–Crippen MR) is 167 cm³/mol. The standard InChI is InChI=1S/C32H33N5O5S/c1-5-40-25-17-22(18-26(41-6-2)29(25)42-7-3)30(38)34-28-19-24(27-14-11-15-43-27)36-37(28)32-33-20(4)23(31(39)35-32)16-21-12-9-8-10-13-21/h8-15,17-19H,5-7,16H2,1-4H3,(H,34,38)(H,33,35,39). The number of carbonyl (C=O) groups is 1. The van der Waals surface area contributed by atoms with E-state index in [0.29, 0.717) is 71.8 Å². The van der Waals surface area contributed by atoms with Gasteiger partial charge >= 0.3 is 0 Å². The van der Waals surface area contributed by atoms with Gasteiger partial charge in [-0.15, -0.1) is 11.3 Å². The first-order valence-corrected chi connectivity index (χ1v) is 15.0. The number of nitrogens with zero attached hydrogens (tertiary/aromatic N) is 3. The molecule has 43 heavy (non-hydrogen) atoms. The smallest absolute Gasteiger partial charge is 0.257 e. The molecule has 222 valence electrons. The van der Waals surface area contributed by atoms with Crippen LogP contribution < -0.4 is 25.1 Å². The van der Waals surface area contributed by atoms with Crippen LogP contribution in [-0.4, -0.2) is 45.5 Å². The van der Waals surface area contributed by atoms with Crippen LogP contribution in [0.4, 0.5) is 5.82 Å². The fourth-order valence-corrected chi connectivity index (χ4v) is 5.27. The lowest BCUT2D eigenvalue weighted by Crippen LogP contribution is -2.22. The molecule has 0 saturated carbocycles. The highest BCUT2D eigenvalue weighted by Crippen LogP contribution is 2.39. The first kappa shape index (κ1) is 29.6. The molecule has 3 aromatic heterocycles. The Kier molecular flexibility index (Phi) is 9.21. The molecule has 0 unspecified atom stereocenters. The molecule has 0 fully saturated rings. The van der Waals surface area contributed by atoms with E-state index in [2.05, 4.69) is 15.3 Å². The molecule has 0 saturated heterocycles. The topological polar surface area (TPSA) is 120 Å². The number of amides is 1. The van der Waals surface area contributed by atoms with E-state index in [1.165, 1.54) is 16.0 Å². The summed E-state index contributed by atoms with van der Waals surface area (Å²) in [6.07, 6.45) is 0.445. The van der Waals surface area contributed by atoms with Crippen LogP contribution >= 0.6 is 11.3 Å². The molecule has 2 aromatic carbocycles. The molecule has 0 aliphatic carbocycles. The quantitative estimate of drug-likeness (QED) is 0.180. The van der Waals surface area contributed by atoms with Gasteiger partial charge in [0.2, 0.25) is 11.7 Å². The lowest BCUT2D eigenvalue weighted by atomic mass is 10.1. The van der Waals surface area contributed by atoms with Crippen LogP contribution in [0.3, 0.4) is 0 Å². The van der Waals surface area contributed by atoms with Crippen LogP contribution in [0.2, 0.25) is 0 Å². The zero-order valence-electron chi connectivity index (χ0n) is 24.5. The molecular formula is C32H33N5O5S.